The molecular formula is C15H18F3N3. The lowest BCUT2D eigenvalue weighted by Crippen LogP contribution is -2.05. The van der Waals surface area contributed by atoms with Gasteiger partial charge in [0.15, 0.2) is 5.69 Å². The second-order valence-electron chi connectivity index (χ2n) is 5.36. The molecule has 2 N–H and O–H groups in total. The summed E-state index contributed by atoms with van der Waals surface area (Å²) < 4.78 is 40.0. The second kappa shape index (κ2) is 5.52. The molecule has 2 aromatic rings. The van der Waals surface area contributed by atoms with Crippen LogP contribution in [-0.4, -0.2) is 9.55 Å². The fraction of sp³-hybridized carbons (Fsp3) is 0.400. The van der Waals surface area contributed by atoms with Crippen LogP contribution >= 0.6 is 0 Å². The van der Waals surface area contributed by atoms with Crippen molar-refractivity contribution in [2.75, 3.05) is 0 Å². The highest BCUT2D eigenvalue weighted by Crippen LogP contribution is 2.32. The first-order chi connectivity index (χ1) is 9.70. The minimum atomic E-state index is -4.44. The Morgan fingerprint density at radius 1 is 1.10 bits per heavy atom. The Labute approximate surface area is 121 Å². The fourth-order valence-corrected chi connectivity index (χ4v) is 2.07. The molecule has 2 rings (SSSR count). The molecule has 0 saturated carbocycles. The van der Waals surface area contributed by atoms with Crippen LogP contribution in [0.3, 0.4) is 0 Å². The van der Waals surface area contributed by atoms with Crippen molar-refractivity contribution in [1.29, 1.82) is 0 Å². The maximum absolute atomic E-state index is 12.8. The van der Waals surface area contributed by atoms with E-state index in [1.54, 1.807) is 12.1 Å². The Morgan fingerprint density at radius 3 is 2.10 bits per heavy atom. The largest absolute Gasteiger partial charge is 0.434 e. The molecule has 114 valence electrons. The van der Waals surface area contributed by atoms with Crippen LogP contribution in [0.2, 0.25) is 0 Å². The van der Waals surface area contributed by atoms with E-state index in [0.717, 1.165) is 11.8 Å². The van der Waals surface area contributed by atoms with E-state index in [0.29, 0.717) is 11.4 Å². The van der Waals surface area contributed by atoms with E-state index in [4.69, 9.17) is 5.73 Å². The number of alkyl halides is 3. The van der Waals surface area contributed by atoms with Gasteiger partial charge in [0.25, 0.3) is 0 Å². The van der Waals surface area contributed by atoms with E-state index in [1.807, 2.05) is 32.9 Å². The van der Waals surface area contributed by atoms with Gasteiger partial charge in [0.1, 0.15) is 5.82 Å². The molecule has 0 aliphatic rings. The molecule has 0 fully saturated rings. The number of halogens is 3. The Balaban J connectivity index is 2.49. The van der Waals surface area contributed by atoms with E-state index in [1.165, 1.54) is 4.57 Å². The molecule has 0 saturated heterocycles. The van der Waals surface area contributed by atoms with Gasteiger partial charge < -0.3 is 10.3 Å². The third-order valence-electron chi connectivity index (χ3n) is 3.27. The molecule has 1 aromatic heterocycles. The van der Waals surface area contributed by atoms with Gasteiger partial charge in [-0.15, -0.1) is 0 Å². The number of benzene rings is 1. The molecule has 0 amide bonds. The Hall–Kier alpha value is -1.82. The minimum absolute atomic E-state index is 0.114. The molecule has 0 radical (unpaired) electrons. The minimum Gasteiger partial charge on any atom is -0.328 e. The summed E-state index contributed by atoms with van der Waals surface area (Å²) in [7, 11) is 0. The first-order valence-electron chi connectivity index (χ1n) is 6.72. The normalized spacial score (nSPS) is 13.7. The molecule has 0 aliphatic carbocycles. The van der Waals surface area contributed by atoms with Gasteiger partial charge in [0.05, 0.1) is 0 Å². The van der Waals surface area contributed by atoms with Gasteiger partial charge in [-0.2, -0.15) is 13.2 Å². The maximum atomic E-state index is 12.8. The van der Waals surface area contributed by atoms with Crippen molar-refractivity contribution in [1.82, 2.24) is 9.55 Å². The number of aromatic nitrogens is 2. The average Bonchev–Trinajstić information content (AvgIpc) is 2.83. The van der Waals surface area contributed by atoms with E-state index in [-0.39, 0.29) is 12.1 Å². The SMILES string of the molecule is CC(C)n1cc(C(F)(F)F)nc1-c1ccc([C@H](C)N)cc1. The summed E-state index contributed by atoms with van der Waals surface area (Å²) in [6.07, 6.45) is -3.39. The predicted molar refractivity (Wildman–Crippen MR) is 75.7 cm³/mol. The Bertz CT molecular complexity index is 610. The van der Waals surface area contributed by atoms with Crippen molar-refractivity contribution in [3.63, 3.8) is 0 Å². The van der Waals surface area contributed by atoms with Gasteiger partial charge in [-0.3, -0.25) is 0 Å². The standard InChI is InChI=1S/C15H18F3N3/c1-9(2)21-8-13(15(16,17)18)20-14(21)12-6-4-11(5-7-12)10(3)19/h4-10H,19H2,1-3H3/t10-/m0/s1. The summed E-state index contributed by atoms with van der Waals surface area (Å²) >= 11 is 0. The zero-order chi connectivity index (χ0) is 15.8. The quantitative estimate of drug-likeness (QED) is 0.924. The van der Waals surface area contributed by atoms with E-state index >= 15 is 0 Å². The number of hydrogen-bond donors (Lipinski definition) is 1. The predicted octanol–water partition coefficient (Wildman–Crippen LogP) is 4.17. The lowest BCUT2D eigenvalue weighted by molar-refractivity contribution is -0.140. The average molecular weight is 297 g/mol. The second-order valence-corrected chi connectivity index (χ2v) is 5.36. The number of hydrogen-bond acceptors (Lipinski definition) is 2. The van der Waals surface area contributed by atoms with Crippen LogP contribution in [0, 0.1) is 0 Å². The van der Waals surface area contributed by atoms with Crippen molar-refractivity contribution in [3.05, 3.63) is 41.7 Å². The van der Waals surface area contributed by atoms with Gasteiger partial charge in [0, 0.05) is 23.8 Å². The van der Waals surface area contributed by atoms with Crippen LogP contribution < -0.4 is 5.73 Å². The summed E-state index contributed by atoms with van der Waals surface area (Å²) in [5, 5.41) is 0. The van der Waals surface area contributed by atoms with Crippen molar-refractivity contribution in [2.45, 2.75) is 39.0 Å². The number of imidazole rings is 1. The molecule has 3 nitrogen and oxygen atoms in total. The van der Waals surface area contributed by atoms with E-state index in [2.05, 4.69) is 4.98 Å². The van der Waals surface area contributed by atoms with Crippen molar-refractivity contribution < 1.29 is 13.2 Å². The Kier molecular flexibility index (Phi) is 4.09. The van der Waals surface area contributed by atoms with E-state index in [9.17, 15) is 13.2 Å². The van der Waals surface area contributed by atoms with Gasteiger partial charge in [-0.05, 0) is 26.3 Å². The summed E-state index contributed by atoms with van der Waals surface area (Å²) in [4.78, 5) is 3.75. The smallest absolute Gasteiger partial charge is 0.328 e. The van der Waals surface area contributed by atoms with Crippen molar-refractivity contribution in [3.8, 4) is 11.4 Å². The van der Waals surface area contributed by atoms with Crippen molar-refractivity contribution in [2.24, 2.45) is 5.73 Å². The monoisotopic (exact) mass is 297 g/mol. The van der Waals surface area contributed by atoms with Gasteiger partial charge in [0.2, 0.25) is 0 Å². The molecule has 1 heterocycles. The number of rotatable bonds is 3. The van der Waals surface area contributed by atoms with Crippen LogP contribution in [0.25, 0.3) is 11.4 Å². The van der Waals surface area contributed by atoms with Crippen LogP contribution in [0.1, 0.15) is 44.1 Å². The van der Waals surface area contributed by atoms with Gasteiger partial charge >= 0.3 is 6.18 Å². The molecule has 21 heavy (non-hydrogen) atoms. The van der Waals surface area contributed by atoms with Crippen LogP contribution in [-0.2, 0) is 6.18 Å². The molecule has 0 unspecified atom stereocenters. The summed E-state index contributed by atoms with van der Waals surface area (Å²) in [6, 6.07) is 6.89. The van der Waals surface area contributed by atoms with Crippen LogP contribution in [0.4, 0.5) is 13.2 Å². The maximum Gasteiger partial charge on any atom is 0.434 e. The highest BCUT2D eigenvalue weighted by atomic mass is 19.4. The highest BCUT2D eigenvalue weighted by molar-refractivity contribution is 5.57. The molecule has 0 bridgehead atoms. The molecule has 6 heteroatoms. The highest BCUT2D eigenvalue weighted by Gasteiger charge is 2.35. The molecule has 1 atom stereocenters. The molecule has 0 aliphatic heterocycles. The van der Waals surface area contributed by atoms with Gasteiger partial charge in [-0.1, -0.05) is 24.3 Å². The molecule has 0 spiro atoms. The third-order valence-corrected chi connectivity index (χ3v) is 3.27. The zero-order valence-corrected chi connectivity index (χ0v) is 12.1. The number of nitrogens with two attached hydrogens (primary N) is 1. The van der Waals surface area contributed by atoms with Gasteiger partial charge in [-0.25, -0.2) is 4.98 Å². The zero-order valence-electron chi connectivity index (χ0n) is 12.1. The Morgan fingerprint density at radius 2 is 1.67 bits per heavy atom. The first-order valence-corrected chi connectivity index (χ1v) is 6.72. The summed E-state index contributed by atoms with van der Waals surface area (Å²) in [6.45, 7) is 5.50. The number of nitrogens with zero attached hydrogens (tertiary/aromatic N) is 2. The third kappa shape index (κ3) is 3.26. The topological polar surface area (TPSA) is 43.8 Å². The van der Waals surface area contributed by atoms with Crippen LogP contribution in [0.5, 0.6) is 0 Å². The first kappa shape index (κ1) is 15.6. The molecular weight excluding hydrogens is 279 g/mol. The van der Waals surface area contributed by atoms with E-state index < -0.39 is 11.9 Å². The molecule has 1 aromatic carbocycles. The summed E-state index contributed by atoms with van der Waals surface area (Å²) in [5.41, 5.74) is 6.47. The lowest BCUT2D eigenvalue weighted by atomic mass is 10.1. The lowest BCUT2D eigenvalue weighted by Gasteiger charge is -2.12. The summed E-state index contributed by atoms with van der Waals surface area (Å²) in [5.74, 6) is 0.313. The van der Waals surface area contributed by atoms with Crippen molar-refractivity contribution >= 4 is 0 Å². The fourth-order valence-electron chi connectivity index (χ4n) is 2.07. The van der Waals surface area contributed by atoms with Crippen LogP contribution in [0.15, 0.2) is 30.5 Å².